The second-order valence-electron chi connectivity index (χ2n) is 8.50. The fraction of sp³-hybridized carbons (Fsp3) is 0.565. The molecule has 0 amide bonds. The number of benzene rings is 1. The van der Waals surface area contributed by atoms with Gasteiger partial charge in [-0.15, -0.1) is 0 Å². The van der Waals surface area contributed by atoms with Gasteiger partial charge in [0.15, 0.2) is 5.11 Å². The monoisotopic (exact) mass is 429 g/mol. The van der Waals surface area contributed by atoms with Crippen LogP contribution in [0.2, 0.25) is 0 Å². The minimum Gasteiger partial charge on any atom is -0.376 e. The molecule has 0 aliphatic carbocycles. The number of pyridine rings is 1. The molecule has 162 valence electrons. The van der Waals surface area contributed by atoms with Crippen molar-refractivity contribution in [1.82, 2.24) is 15.2 Å². The number of thiocarbonyl (C=S) groups is 1. The molecule has 6 nitrogen and oxygen atoms in total. The lowest BCUT2D eigenvalue weighted by Gasteiger charge is -2.29. The molecule has 2 saturated heterocycles. The molecule has 2 aliphatic heterocycles. The summed E-state index contributed by atoms with van der Waals surface area (Å²) in [5, 5.41) is 5.09. The van der Waals surface area contributed by atoms with Crippen molar-refractivity contribution in [2.75, 3.05) is 26.3 Å². The fourth-order valence-corrected chi connectivity index (χ4v) is 4.63. The predicted molar refractivity (Wildman–Crippen MR) is 123 cm³/mol. The summed E-state index contributed by atoms with van der Waals surface area (Å²) in [6, 6.07) is 6.17. The fourth-order valence-electron chi connectivity index (χ4n) is 4.41. The molecule has 0 radical (unpaired) electrons. The van der Waals surface area contributed by atoms with Crippen LogP contribution in [0.5, 0.6) is 0 Å². The van der Waals surface area contributed by atoms with Crippen LogP contribution in [-0.2, 0) is 16.0 Å². The molecule has 0 spiro atoms. The van der Waals surface area contributed by atoms with Gasteiger partial charge in [0.05, 0.1) is 18.8 Å². The van der Waals surface area contributed by atoms with Gasteiger partial charge in [-0.05, 0) is 75.0 Å². The molecule has 1 aromatic carbocycles. The number of aromatic nitrogens is 1. The highest BCUT2D eigenvalue weighted by atomic mass is 32.1. The first-order valence-corrected chi connectivity index (χ1v) is 11.3. The first-order valence-electron chi connectivity index (χ1n) is 10.9. The third kappa shape index (κ3) is 5.02. The molecule has 2 aliphatic rings. The zero-order valence-corrected chi connectivity index (χ0v) is 18.6. The van der Waals surface area contributed by atoms with Crippen molar-refractivity contribution in [1.29, 1.82) is 0 Å². The molecule has 3 heterocycles. The predicted octanol–water partition coefficient (Wildman–Crippen LogP) is 3.18. The minimum absolute atomic E-state index is 0.0632. The number of rotatable bonds is 6. The Morgan fingerprint density at radius 1 is 1.17 bits per heavy atom. The molecule has 1 aromatic heterocycles. The summed E-state index contributed by atoms with van der Waals surface area (Å²) < 4.78 is 11.5. The Morgan fingerprint density at radius 2 is 1.90 bits per heavy atom. The summed E-state index contributed by atoms with van der Waals surface area (Å²) in [7, 11) is 0. The van der Waals surface area contributed by atoms with E-state index in [0.29, 0.717) is 30.3 Å². The summed E-state index contributed by atoms with van der Waals surface area (Å²) in [5.41, 5.74) is 3.83. The van der Waals surface area contributed by atoms with E-state index >= 15 is 0 Å². The molecule has 0 saturated carbocycles. The van der Waals surface area contributed by atoms with Gasteiger partial charge in [0.2, 0.25) is 0 Å². The van der Waals surface area contributed by atoms with Crippen LogP contribution in [0.1, 0.15) is 42.4 Å². The number of hydrogen-bond acceptors (Lipinski definition) is 4. The van der Waals surface area contributed by atoms with E-state index in [4.69, 9.17) is 21.7 Å². The number of hydrogen-bond donors (Lipinski definition) is 2. The second-order valence-corrected chi connectivity index (χ2v) is 8.89. The Labute approximate surface area is 182 Å². The number of fused-ring (bicyclic) bond motifs is 1. The van der Waals surface area contributed by atoms with Crippen LogP contribution in [0.15, 0.2) is 23.0 Å². The minimum atomic E-state index is -0.0632. The lowest BCUT2D eigenvalue weighted by molar-refractivity contribution is 0.0885. The normalized spacial score (nSPS) is 21.3. The lowest BCUT2D eigenvalue weighted by atomic mass is 10.0. The van der Waals surface area contributed by atoms with Gasteiger partial charge in [0, 0.05) is 42.8 Å². The Bertz CT molecular complexity index is 962. The third-order valence-corrected chi connectivity index (χ3v) is 6.39. The van der Waals surface area contributed by atoms with Gasteiger partial charge in [-0.3, -0.25) is 4.79 Å². The quantitative estimate of drug-likeness (QED) is 0.688. The number of H-pyrrole nitrogens is 1. The molecular formula is C23H31N3O3S. The summed E-state index contributed by atoms with van der Waals surface area (Å²) >= 11 is 5.72. The molecule has 2 fully saturated rings. The molecule has 2 aromatic rings. The van der Waals surface area contributed by atoms with Gasteiger partial charge in [-0.25, -0.2) is 0 Å². The van der Waals surface area contributed by atoms with Gasteiger partial charge in [0.1, 0.15) is 0 Å². The van der Waals surface area contributed by atoms with E-state index in [9.17, 15) is 4.79 Å². The van der Waals surface area contributed by atoms with Crippen molar-refractivity contribution >= 4 is 28.2 Å². The standard InChI is InChI=1S/C23H31N3O3S/c1-15-9-16(2)20-11-17(22(27)25-21(20)10-15)13-26(14-19-6-4-8-29-19)23(30)24-12-18-5-3-7-28-18/h9-11,18-19H,3-8,12-14H2,1-2H3,(H,24,30)(H,25,27)/t18-,19+/m1/s1. The van der Waals surface area contributed by atoms with Gasteiger partial charge in [-0.2, -0.15) is 0 Å². The molecule has 7 heteroatoms. The molecule has 0 unspecified atom stereocenters. The van der Waals surface area contributed by atoms with Crippen LogP contribution < -0.4 is 10.9 Å². The average molecular weight is 430 g/mol. The molecule has 2 N–H and O–H groups in total. The van der Waals surface area contributed by atoms with E-state index in [2.05, 4.69) is 28.2 Å². The van der Waals surface area contributed by atoms with Gasteiger partial charge in [0.25, 0.3) is 5.56 Å². The summed E-state index contributed by atoms with van der Waals surface area (Å²) in [4.78, 5) is 17.9. The lowest BCUT2D eigenvalue weighted by Crippen LogP contribution is -2.45. The number of ether oxygens (including phenoxy) is 2. The van der Waals surface area contributed by atoms with E-state index in [1.54, 1.807) is 0 Å². The Kier molecular flexibility index (Phi) is 6.71. The van der Waals surface area contributed by atoms with Gasteiger partial charge in [-0.1, -0.05) is 6.07 Å². The zero-order chi connectivity index (χ0) is 21.1. The van der Waals surface area contributed by atoms with E-state index in [1.807, 2.05) is 19.1 Å². The van der Waals surface area contributed by atoms with Crippen LogP contribution >= 0.6 is 12.2 Å². The van der Waals surface area contributed by atoms with Crippen molar-refractivity contribution in [2.45, 2.75) is 58.3 Å². The van der Waals surface area contributed by atoms with E-state index in [1.165, 1.54) is 0 Å². The van der Waals surface area contributed by atoms with Crippen LogP contribution in [-0.4, -0.2) is 53.5 Å². The van der Waals surface area contributed by atoms with E-state index in [-0.39, 0.29) is 17.8 Å². The zero-order valence-electron chi connectivity index (χ0n) is 17.8. The second kappa shape index (κ2) is 9.45. The summed E-state index contributed by atoms with van der Waals surface area (Å²) in [5.74, 6) is 0. The first kappa shape index (κ1) is 21.3. The smallest absolute Gasteiger partial charge is 0.253 e. The largest absolute Gasteiger partial charge is 0.376 e. The first-order chi connectivity index (χ1) is 14.5. The number of aryl methyl sites for hydroxylation is 2. The number of aromatic amines is 1. The van der Waals surface area contributed by atoms with Crippen molar-refractivity contribution in [3.63, 3.8) is 0 Å². The SMILES string of the molecule is Cc1cc(C)c2cc(CN(C[C@@H]3CCCO3)C(=S)NC[C@H]3CCCO3)c(=O)[nH]c2c1. The van der Waals surface area contributed by atoms with Crippen LogP contribution in [0.25, 0.3) is 10.9 Å². The van der Waals surface area contributed by atoms with Gasteiger partial charge < -0.3 is 24.7 Å². The van der Waals surface area contributed by atoms with Crippen LogP contribution in [0, 0.1) is 13.8 Å². The van der Waals surface area contributed by atoms with Crippen molar-refractivity contribution < 1.29 is 9.47 Å². The Balaban J connectivity index is 1.54. The Hall–Kier alpha value is -1.96. The topological polar surface area (TPSA) is 66.6 Å². The number of nitrogens with one attached hydrogen (secondary N) is 2. The Morgan fingerprint density at radius 3 is 2.60 bits per heavy atom. The third-order valence-electron chi connectivity index (χ3n) is 5.99. The highest BCUT2D eigenvalue weighted by Crippen LogP contribution is 2.20. The maximum atomic E-state index is 12.8. The summed E-state index contributed by atoms with van der Waals surface area (Å²) in [6.07, 6.45) is 4.62. The van der Waals surface area contributed by atoms with E-state index in [0.717, 1.165) is 60.9 Å². The summed E-state index contributed by atoms with van der Waals surface area (Å²) in [6.45, 7) is 7.58. The highest BCUT2D eigenvalue weighted by molar-refractivity contribution is 7.80. The average Bonchev–Trinajstić information content (AvgIpc) is 3.40. The highest BCUT2D eigenvalue weighted by Gasteiger charge is 2.23. The van der Waals surface area contributed by atoms with Crippen molar-refractivity contribution in [3.8, 4) is 0 Å². The molecule has 0 bridgehead atoms. The van der Waals surface area contributed by atoms with Crippen LogP contribution in [0.3, 0.4) is 0 Å². The maximum absolute atomic E-state index is 12.8. The molecular weight excluding hydrogens is 398 g/mol. The van der Waals surface area contributed by atoms with E-state index < -0.39 is 0 Å². The van der Waals surface area contributed by atoms with Crippen LogP contribution in [0.4, 0.5) is 0 Å². The molecule has 30 heavy (non-hydrogen) atoms. The maximum Gasteiger partial charge on any atom is 0.253 e. The molecule has 4 rings (SSSR count). The molecule has 2 atom stereocenters. The van der Waals surface area contributed by atoms with Crippen molar-refractivity contribution in [2.24, 2.45) is 0 Å². The van der Waals surface area contributed by atoms with Crippen molar-refractivity contribution in [3.05, 3.63) is 45.2 Å². The number of nitrogens with zero attached hydrogens (tertiary/aromatic N) is 1. The van der Waals surface area contributed by atoms with Gasteiger partial charge >= 0.3 is 0 Å².